The van der Waals surface area contributed by atoms with Crippen molar-refractivity contribution in [3.8, 4) is 0 Å². The van der Waals surface area contributed by atoms with Gasteiger partial charge in [0.2, 0.25) is 0 Å². The number of nitrogens with one attached hydrogen (secondary N) is 1. The maximum absolute atomic E-state index is 13.3. The Hall–Kier alpha value is -2.30. The first-order valence-corrected chi connectivity index (χ1v) is 5.54. The molecule has 4 nitrogen and oxygen atoms in total. The van der Waals surface area contributed by atoms with E-state index in [0.717, 1.165) is 0 Å². The van der Waals surface area contributed by atoms with Gasteiger partial charge in [0.1, 0.15) is 12.1 Å². The minimum Gasteiger partial charge on any atom is -0.352 e. The monoisotopic (exact) mass is 245 g/mol. The number of halogens is 1. The summed E-state index contributed by atoms with van der Waals surface area (Å²) in [6.07, 6.45) is 4.68. The van der Waals surface area contributed by atoms with Crippen LogP contribution in [0.3, 0.4) is 0 Å². The van der Waals surface area contributed by atoms with Crippen LogP contribution in [0.5, 0.6) is 0 Å². The van der Waals surface area contributed by atoms with Crippen LogP contribution in [0.15, 0.2) is 43.0 Å². The number of carbonyl (C=O) groups excluding carboxylic acids is 1. The summed E-state index contributed by atoms with van der Waals surface area (Å²) in [6.45, 7) is 0.370. The minimum atomic E-state index is -0.257. The summed E-state index contributed by atoms with van der Waals surface area (Å²) in [7, 11) is 0. The zero-order valence-electron chi connectivity index (χ0n) is 9.64. The molecule has 0 saturated heterocycles. The first-order valence-electron chi connectivity index (χ1n) is 5.54. The van der Waals surface area contributed by atoms with Gasteiger partial charge in [-0.2, -0.15) is 0 Å². The van der Waals surface area contributed by atoms with Crippen molar-refractivity contribution < 1.29 is 9.18 Å². The van der Waals surface area contributed by atoms with Crippen LogP contribution >= 0.6 is 0 Å². The van der Waals surface area contributed by atoms with Gasteiger partial charge in [-0.3, -0.25) is 4.79 Å². The molecular formula is C13H12FN3O. The average molecular weight is 245 g/mol. The summed E-state index contributed by atoms with van der Waals surface area (Å²) >= 11 is 0. The zero-order valence-corrected chi connectivity index (χ0v) is 9.64. The lowest BCUT2D eigenvalue weighted by molar-refractivity contribution is 0.0953. The van der Waals surface area contributed by atoms with E-state index in [1.165, 1.54) is 24.8 Å². The molecule has 2 rings (SSSR count). The number of benzene rings is 1. The molecule has 0 bridgehead atoms. The summed E-state index contributed by atoms with van der Waals surface area (Å²) < 4.78 is 13.3. The van der Waals surface area contributed by atoms with Crippen LogP contribution in [0.1, 0.15) is 15.9 Å². The molecule has 18 heavy (non-hydrogen) atoms. The summed E-state index contributed by atoms with van der Waals surface area (Å²) in [5.74, 6) is -0.512. The third-order valence-electron chi connectivity index (χ3n) is 2.46. The third kappa shape index (κ3) is 3.10. The Balaban J connectivity index is 1.86. The van der Waals surface area contributed by atoms with Crippen molar-refractivity contribution in [3.05, 3.63) is 59.9 Å². The zero-order chi connectivity index (χ0) is 12.8. The molecule has 1 amide bonds. The first-order chi connectivity index (χ1) is 8.77. The van der Waals surface area contributed by atoms with E-state index in [2.05, 4.69) is 15.3 Å². The molecular weight excluding hydrogens is 233 g/mol. The molecule has 0 radical (unpaired) electrons. The molecule has 1 N–H and O–H groups in total. The predicted octanol–water partition coefficient (Wildman–Crippen LogP) is 1.59. The molecule has 1 aromatic heterocycles. The molecule has 0 spiro atoms. The third-order valence-corrected chi connectivity index (χ3v) is 2.46. The normalized spacial score (nSPS) is 10.1. The maximum Gasteiger partial charge on any atom is 0.254 e. The highest BCUT2D eigenvalue weighted by atomic mass is 19.1. The number of rotatable bonds is 4. The number of nitrogens with zero attached hydrogens (tertiary/aromatic N) is 2. The van der Waals surface area contributed by atoms with Crippen LogP contribution in [0.25, 0.3) is 0 Å². The molecule has 1 heterocycles. The van der Waals surface area contributed by atoms with Crippen LogP contribution in [0.2, 0.25) is 0 Å². The molecule has 92 valence electrons. The molecule has 0 unspecified atom stereocenters. The van der Waals surface area contributed by atoms with Gasteiger partial charge in [0.25, 0.3) is 5.91 Å². The predicted molar refractivity (Wildman–Crippen MR) is 64.5 cm³/mol. The second-order valence-electron chi connectivity index (χ2n) is 3.72. The Labute approximate surface area is 104 Å². The second-order valence-corrected chi connectivity index (χ2v) is 3.72. The van der Waals surface area contributed by atoms with Gasteiger partial charge in [-0.15, -0.1) is 0 Å². The number of aromatic nitrogens is 2. The fourth-order valence-electron chi connectivity index (χ4n) is 1.53. The van der Waals surface area contributed by atoms with Gasteiger partial charge >= 0.3 is 0 Å². The topological polar surface area (TPSA) is 54.9 Å². The van der Waals surface area contributed by atoms with E-state index in [4.69, 9.17) is 0 Å². The van der Waals surface area contributed by atoms with Gasteiger partial charge in [0.15, 0.2) is 0 Å². The van der Waals surface area contributed by atoms with Crippen molar-refractivity contribution in [3.63, 3.8) is 0 Å². The molecule has 0 fully saturated rings. The Bertz CT molecular complexity index is 531. The lowest BCUT2D eigenvalue weighted by Gasteiger charge is -2.05. The Morgan fingerprint density at radius 1 is 1.22 bits per heavy atom. The smallest absolute Gasteiger partial charge is 0.254 e. The van der Waals surface area contributed by atoms with Gasteiger partial charge in [-0.25, -0.2) is 14.4 Å². The molecule has 2 aromatic rings. The lowest BCUT2D eigenvalue weighted by Crippen LogP contribution is -2.26. The molecule has 1 aromatic carbocycles. The number of amides is 1. The van der Waals surface area contributed by atoms with Crippen LogP contribution in [-0.4, -0.2) is 22.4 Å². The molecule has 0 saturated carbocycles. The highest BCUT2D eigenvalue weighted by Gasteiger charge is 2.05. The number of hydrogen-bond acceptors (Lipinski definition) is 3. The summed E-state index contributed by atoms with van der Waals surface area (Å²) in [6, 6.07) is 6.51. The van der Waals surface area contributed by atoms with E-state index in [-0.39, 0.29) is 11.7 Å². The van der Waals surface area contributed by atoms with E-state index >= 15 is 0 Å². The Morgan fingerprint density at radius 2 is 1.94 bits per heavy atom. The number of hydrogen-bond donors (Lipinski definition) is 1. The van der Waals surface area contributed by atoms with E-state index in [1.54, 1.807) is 18.2 Å². The summed E-state index contributed by atoms with van der Waals surface area (Å²) in [5, 5.41) is 2.69. The van der Waals surface area contributed by atoms with Gasteiger partial charge in [0.05, 0.1) is 5.56 Å². The largest absolute Gasteiger partial charge is 0.352 e. The quantitative estimate of drug-likeness (QED) is 0.889. The van der Waals surface area contributed by atoms with Crippen molar-refractivity contribution in [1.82, 2.24) is 15.3 Å². The van der Waals surface area contributed by atoms with Crippen molar-refractivity contribution in [1.29, 1.82) is 0 Å². The molecule has 0 atom stereocenters. The summed E-state index contributed by atoms with van der Waals surface area (Å²) in [4.78, 5) is 19.1. The van der Waals surface area contributed by atoms with E-state index in [1.807, 2.05) is 0 Å². The van der Waals surface area contributed by atoms with Crippen molar-refractivity contribution in [2.24, 2.45) is 0 Å². The fourth-order valence-corrected chi connectivity index (χ4v) is 1.53. The highest BCUT2D eigenvalue weighted by Crippen LogP contribution is 2.06. The Morgan fingerprint density at radius 3 is 2.67 bits per heavy atom. The second kappa shape index (κ2) is 5.86. The van der Waals surface area contributed by atoms with E-state index in [0.29, 0.717) is 24.1 Å². The first kappa shape index (κ1) is 12.2. The van der Waals surface area contributed by atoms with Gasteiger partial charge < -0.3 is 5.32 Å². The van der Waals surface area contributed by atoms with Crippen LogP contribution in [0, 0.1) is 5.82 Å². The van der Waals surface area contributed by atoms with E-state index in [9.17, 15) is 9.18 Å². The van der Waals surface area contributed by atoms with Crippen molar-refractivity contribution in [2.45, 2.75) is 6.42 Å². The standard InChI is InChI=1S/C13H12FN3O/c14-12-4-2-1-3-10(12)5-6-17-13(18)11-7-15-9-16-8-11/h1-4,7-9H,5-6H2,(H,17,18). The van der Waals surface area contributed by atoms with Gasteiger partial charge in [0, 0.05) is 18.9 Å². The van der Waals surface area contributed by atoms with Crippen LogP contribution in [-0.2, 0) is 6.42 Å². The molecule has 0 aliphatic heterocycles. The highest BCUT2D eigenvalue weighted by molar-refractivity contribution is 5.93. The lowest BCUT2D eigenvalue weighted by atomic mass is 10.1. The fraction of sp³-hybridized carbons (Fsp3) is 0.154. The van der Waals surface area contributed by atoms with Crippen LogP contribution < -0.4 is 5.32 Å². The molecule has 0 aliphatic carbocycles. The average Bonchev–Trinajstić information content (AvgIpc) is 2.42. The molecule has 5 heteroatoms. The summed E-state index contributed by atoms with van der Waals surface area (Å²) in [5.41, 5.74) is 0.980. The van der Waals surface area contributed by atoms with Crippen molar-refractivity contribution in [2.75, 3.05) is 6.54 Å². The van der Waals surface area contributed by atoms with E-state index < -0.39 is 0 Å². The maximum atomic E-state index is 13.3. The van der Waals surface area contributed by atoms with Gasteiger partial charge in [-0.1, -0.05) is 18.2 Å². The number of carbonyl (C=O) groups is 1. The van der Waals surface area contributed by atoms with Crippen molar-refractivity contribution >= 4 is 5.91 Å². The van der Waals surface area contributed by atoms with Crippen LogP contribution in [0.4, 0.5) is 4.39 Å². The SMILES string of the molecule is O=C(NCCc1ccccc1F)c1cncnc1. The van der Waals surface area contributed by atoms with Gasteiger partial charge in [-0.05, 0) is 18.1 Å². The minimum absolute atomic E-state index is 0.255. The Kier molecular flexibility index (Phi) is 3.96. The molecule has 0 aliphatic rings.